The summed E-state index contributed by atoms with van der Waals surface area (Å²) in [6.07, 6.45) is 4.00. The summed E-state index contributed by atoms with van der Waals surface area (Å²) in [5, 5.41) is 0. The van der Waals surface area contributed by atoms with Crippen LogP contribution < -0.4 is 5.73 Å². The first-order valence-electron chi connectivity index (χ1n) is 9.44. The van der Waals surface area contributed by atoms with Crippen LogP contribution in [0.1, 0.15) is 38.2 Å². The van der Waals surface area contributed by atoms with Crippen LogP contribution >= 0.6 is 0 Å². The number of benzene rings is 1. The Morgan fingerprint density at radius 1 is 1.12 bits per heavy atom. The maximum atomic E-state index is 12.9. The minimum Gasteiger partial charge on any atom is -0.341 e. The van der Waals surface area contributed by atoms with Crippen LogP contribution in [0.15, 0.2) is 30.3 Å². The first kappa shape index (κ1) is 17.9. The fourth-order valence-electron chi connectivity index (χ4n) is 4.05. The standard InChI is InChI=1S/C20H29N3O2/c1-15(21)17-9-12-22(13-10-17)20(25)18-8-5-11-23(18)19(24)14-16-6-3-2-4-7-16/h2-4,6-7,15,17-18H,5,8-14,21H2,1H3. The fraction of sp³-hybridized carbons (Fsp3) is 0.600. The molecule has 0 saturated carbocycles. The number of piperidine rings is 1. The van der Waals surface area contributed by atoms with Gasteiger partial charge < -0.3 is 15.5 Å². The zero-order chi connectivity index (χ0) is 17.8. The van der Waals surface area contributed by atoms with Gasteiger partial charge in [0.1, 0.15) is 6.04 Å². The van der Waals surface area contributed by atoms with Gasteiger partial charge in [0.25, 0.3) is 0 Å². The van der Waals surface area contributed by atoms with E-state index in [2.05, 4.69) is 0 Å². The van der Waals surface area contributed by atoms with E-state index < -0.39 is 0 Å². The summed E-state index contributed by atoms with van der Waals surface area (Å²) in [4.78, 5) is 29.4. The predicted molar refractivity (Wildman–Crippen MR) is 97.8 cm³/mol. The van der Waals surface area contributed by atoms with Crippen LogP contribution in [0.2, 0.25) is 0 Å². The normalized spacial score (nSPS) is 22.9. The Kier molecular flexibility index (Phi) is 5.74. The smallest absolute Gasteiger partial charge is 0.245 e. The van der Waals surface area contributed by atoms with E-state index in [0.717, 1.165) is 44.3 Å². The van der Waals surface area contributed by atoms with Crippen molar-refractivity contribution in [3.05, 3.63) is 35.9 Å². The molecular weight excluding hydrogens is 314 g/mol. The van der Waals surface area contributed by atoms with Gasteiger partial charge in [-0.15, -0.1) is 0 Å². The van der Waals surface area contributed by atoms with Gasteiger partial charge in [-0.3, -0.25) is 9.59 Å². The number of nitrogens with two attached hydrogens (primary N) is 1. The summed E-state index contributed by atoms with van der Waals surface area (Å²) < 4.78 is 0. The molecule has 2 N–H and O–H groups in total. The lowest BCUT2D eigenvalue weighted by atomic mass is 9.90. The van der Waals surface area contributed by atoms with Gasteiger partial charge in [-0.25, -0.2) is 0 Å². The summed E-state index contributed by atoms with van der Waals surface area (Å²) >= 11 is 0. The SMILES string of the molecule is CC(N)C1CCN(C(=O)C2CCCN2C(=O)Cc2ccccc2)CC1. The molecule has 0 aliphatic carbocycles. The molecule has 5 nitrogen and oxygen atoms in total. The van der Waals surface area contributed by atoms with E-state index in [-0.39, 0.29) is 23.9 Å². The van der Waals surface area contributed by atoms with Crippen molar-refractivity contribution in [1.29, 1.82) is 0 Å². The van der Waals surface area contributed by atoms with Crippen molar-refractivity contribution in [3.8, 4) is 0 Å². The first-order valence-corrected chi connectivity index (χ1v) is 9.44. The fourth-order valence-corrected chi connectivity index (χ4v) is 4.05. The molecule has 25 heavy (non-hydrogen) atoms. The van der Waals surface area contributed by atoms with E-state index in [0.29, 0.717) is 18.9 Å². The van der Waals surface area contributed by atoms with Crippen molar-refractivity contribution < 1.29 is 9.59 Å². The number of amides is 2. The second-order valence-corrected chi connectivity index (χ2v) is 7.43. The topological polar surface area (TPSA) is 66.6 Å². The second kappa shape index (κ2) is 8.00. The van der Waals surface area contributed by atoms with Crippen molar-refractivity contribution in [3.63, 3.8) is 0 Å². The van der Waals surface area contributed by atoms with Gasteiger partial charge in [-0.2, -0.15) is 0 Å². The molecular formula is C20H29N3O2. The number of carbonyl (C=O) groups is 2. The van der Waals surface area contributed by atoms with Gasteiger partial charge in [0.05, 0.1) is 6.42 Å². The maximum absolute atomic E-state index is 12.9. The van der Waals surface area contributed by atoms with Crippen LogP contribution in [-0.2, 0) is 16.0 Å². The third-order valence-corrected chi connectivity index (χ3v) is 5.65. The molecule has 2 atom stereocenters. The zero-order valence-electron chi connectivity index (χ0n) is 15.1. The molecule has 0 aromatic heterocycles. The van der Waals surface area contributed by atoms with Crippen molar-refractivity contribution in [2.75, 3.05) is 19.6 Å². The molecule has 0 bridgehead atoms. The Morgan fingerprint density at radius 2 is 1.80 bits per heavy atom. The van der Waals surface area contributed by atoms with Crippen LogP contribution in [0.25, 0.3) is 0 Å². The molecule has 2 fully saturated rings. The largest absolute Gasteiger partial charge is 0.341 e. The molecule has 0 radical (unpaired) electrons. The summed E-state index contributed by atoms with van der Waals surface area (Å²) in [6.45, 7) is 4.27. The van der Waals surface area contributed by atoms with Crippen LogP contribution in [0.3, 0.4) is 0 Å². The van der Waals surface area contributed by atoms with Crippen LogP contribution in [0.5, 0.6) is 0 Å². The maximum Gasteiger partial charge on any atom is 0.245 e. The summed E-state index contributed by atoms with van der Waals surface area (Å²) in [7, 11) is 0. The van der Waals surface area contributed by atoms with E-state index in [9.17, 15) is 9.59 Å². The van der Waals surface area contributed by atoms with Gasteiger partial charge in [0.15, 0.2) is 0 Å². The molecule has 136 valence electrons. The highest BCUT2D eigenvalue weighted by Gasteiger charge is 2.37. The van der Waals surface area contributed by atoms with E-state index in [1.54, 1.807) is 4.90 Å². The Hall–Kier alpha value is -1.88. The number of hydrogen-bond acceptors (Lipinski definition) is 3. The lowest BCUT2D eigenvalue weighted by molar-refractivity contribution is -0.144. The number of nitrogens with zero attached hydrogens (tertiary/aromatic N) is 2. The lowest BCUT2D eigenvalue weighted by Gasteiger charge is -2.36. The summed E-state index contributed by atoms with van der Waals surface area (Å²) in [5.41, 5.74) is 6.99. The highest BCUT2D eigenvalue weighted by Crippen LogP contribution is 2.25. The third kappa shape index (κ3) is 4.21. The average molecular weight is 343 g/mol. The average Bonchev–Trinajstić information content (AvgIpc) is 3.12. The third-order valence-electron chi connectivity index (χ3n) is 5.65. The molecule has 2 saturated heterocycles. The highest BCUT2D eigenvalue weighted by atomic mass is 16.2. The van der Waals surface area contributed by atoms with Gasteiger partial charge in [-0.1, -0.05) is 30.3 Å². The molecule has 3 rings (SSSR count). The minimum atomic E-state index is -0.275. The number of rotatable bonds is 4. The van der Waals surface area contributed by atoms with E-state index in [1.807, 2.05) is 42.2 Å². The number of hydrogen-bond donors (Lipinski definition) is 1. The molecule has 5 heteroatoms. The highest BCUT2D eigenvalue weighted by molar-refractivity contribution is 5.89. The molecule has 2 amide bonds. The van der Waals surface area contributed by atoms with Crippen molar-refractivity contribution in [2.45, 2.75) is 51.1 Å². The first-order chi connectivity index (χ1) is 12.1. The Labute approximate surface area is 150 Å². The lowest BCUT2D eigenvalue weighted by Crippen LogP contribution is -2.51. The van der Waals surface area contributed by atoms with Crippen LogP contribution in [-0.4, -0.2) is 53.3 Å². The summed E-state index contributed by atoms with van der Waals surface area (Å²) in [5.74, 6) is 0.693. The second-order valence-electron chi connectivity index (χ2n) is 7.43. The van der Waals surface area contributed by atoms with Crippen molar-refractivity contribution in [1.82, 2.24) is 9.80 Å². The molecule has 1 aromatic carbocycles. The molecule has 2 unspecified atom stereocenters. The molecule has 1 aromatic rings. The van der Waals surface area contributed by atoms with Crippen molar-refractivity contribution in [2.24, 2.45) is 11.7 Å². The predicted octanol–water partition coefficient (Wildman–Crippen LogP) is 1.81. The van der Waals surface area contributed by atoms with Gasteiger partial charge >= 0.3 is 0 Å². The summed E-state index contributed by atoms with van der Waals surface area (Å²) in [6, 6.07) is 9.67. The quantitative estimate of drug-likeness (QED) is 0.907. The molecule has 2 heterocycles. The monoisotopic (exact) mass is 343 g/mol. The Morgan fingerprint density at radius 3 is 2.44 bits per heavy atom. The molecule has 2 aliphatic heterocycles. The van der Waals surface area contributed by atoms with Gasteiger partial charge in [-0.05, 0) is 44.1 Å². The van der Waals surface area contributed by atoms with E-state index >= 15 is 0 Å². The van der Waals surface area contributed by atoms with Crippen LogP contribution in [0.4, 0.5) is 0 Å². The van der Waals surface area contributed by atoms with Gasteiger partial charge in [0.2, 0.25) is 11.8 Å². The van der Waals surface area contributed by atoms with Gasteiger partial charge in [0, 0.05) is 25.7 Å². The molecule has 0 spiro atoms. The van der Waals surface area contributed by atoms with E-state index in [1.165, 1.54) is 0 Å². The zero-order valence-corrected chi connectivity index (χ0v) is 15.1. The Balaban J connectivity index is 1.59. The minimum absolute atomic E-state index is 0.0625. The Bertz CT molecular complexity index is 594. The molecule has 2 aliphatic rings. The van der Waals surface area contributed by atoms with Crippen LogP contribution in [0, 0.1) is 5.92 Å². The number of likely N-dealkylation sites (tertiary alicyclic amines) is 2. The van der Waals surface area contributed by atoms with E-state index in [4.69, 9.17) is 5.73 Å². The number of carbonyl (C=O) groups excluding carboxylic acids is 2. The van der Waals surface area contributed by atoms with Crippen molar-refractivity contribution >= 4 is 11.8 Å².